The smallest absolute Gasteiger partial charge is 0.327 e. The molecule has 1 aliphatic heterocycles. The van der Waals surface area contributed by atoms with Gasteiger partial charge in [0.05, 0.1) is 6.54 Å². The Morgan fingerprint density at radius 2 is 2.19 bits per heavy atom. The van der Waals surface area contributed by atoms with E-state index in [1.54, 1.807) is 31.3 Å². The van der Waals surface area contributed by atoms with E-state index in [2.05, 4.69) is 11.8 Å². The lowest BCUT2D eigenvalue weighted by Gasteiger charge is -2.14. The van der Waals surface area contributed by atoms with E-state index >= 15 is 0 Å². The Bertz CT molecular complexity index is 603. The highest BCUT2D eigenvalue weighted by Crippen LogP contribution is 2.13. The van der Waals surface area contributed by atoms with Crippen molar-refractivity contribution in [2.45, 2.75) is 0 Å². The first-order chi connectivity index (χ1) is 10.1. The third kappa shape index (κ3) is 3.74. The van der Waals surface area contributed by atoms with Crippen LogP contribution in [0.5, 0.6) is 5.75 Å². The minimum absolute atomic E-state index is 0.116. The standard InChI is InChI=1S/C15H16N2O4/c1-16-11-14(19)17(15(16)20)7-9-21-13-6-2-4-12(10-13)5-3-8-18/h2,4,6,10,18H,7-9,11H2,1H3. The van der Waals surface area contributed by atoms with Crippen LogP contribution in [-0.2, 0) is 4.79 Å². The summed E-state index contributed by atoms with van der Waals surface area (Å²) in [7, 11) is 1.59. The lowest BCUT2D eigenvalue weighted by atomic mass is 10.2. The third-order valence-electron chi connectivity index (χ3n) is 2.96. The van der Waals surface area contributed by atoms with Crippen molar-refractivity contribution in [2.24, 2.45) is 0 Å². The Kier molecular flexibility index (Phi) is 4.80. The summed E-state index contributed by atoms with van der Waals surface area (Å²) in [5, 5.41) is 8.65. The van der Waals surface area contributed by atoms with E-state index in [0.717, 1.165) is 5.56 Å². The number of aliphatic hydroxyl groups excluding tert-OH is 1. The number of imide groups is 1. The molecule has 1 N–H and O–H groups in total. The fourth-order valence-electron chi connectivity index (χ4n) is 1.95. The van der Waals surface area contributed by atoms with E-state index in [0.29, 0.717) is 5.75 Å². The lowest BCUT2D eigenvalue weighted by Crippen LogP contribution is -2.35. The van der Waals surface area contributed by atoms with E-state index in [-0.39, 0.29) is 38.2 Å². The molecule has 0 bridgehead atoms. The fraction of sp³-hybridized carbons (Fsp3) is 0.333. The highest BCUT2D eigenvalue weighted by Gasteiger charge is 2.32. The maximum absolute atomic E-state index is 11.7. The van der Waals surface area contributed by atoms with E-state index in [1.165, 1.54) is 9.80 Å². The molecular weight excluding hydrogens is 272 g/mol. The number of urea groups is 1. The molecule has 0 unspecified atom stereocenters. The Morgan fingerprint density at radius 3 is 2.86 bits per heavy atom. The number of nitrogens with zero attached hydrogens (tertiary/aromatic N) is 2. The molecule has 1 heterocycles. The van der Waals surface area contributed by atoms with E-state index in [9.17, 15) is 9.59 Å². The number of benzene rings is 1. The molecule has 0 saturated carbocycles. The van der Waals surface area contributed by atoms with Gasteiger partial charge in [0.2, 0.25) is 5.91 Å². The van der Waals surface area contributed by atoms with Gasteiger partial charge in [-0.25, -0.2) is 4.79 Å². The van der Waals surface area contributed by atoms with Gasteiger partial charge < -0.3 is 14.7 Å². The molecule has 3 amide bonds. The molecule has 1 aromatic carbocycles. The second-order valence-electron chi connectivity index (χ2n) is 4.52. The van der Waals surface area contributed by atoms with Gasteiger partial charge in [-0.1, -0.05) is 17.9 Å². The van der Waals surface area contributed by atoms with Crippen molar-refractivity contribution >= 4 is 11.9 Å². The predicted molar refractivity (Wildman–Crippen MR) is 75.6 cm³/mol. The van der Waals surface area contributed by atoms with E-state index in [4.69, 9.17) is 9.84 Å². The van der Waals surface area contributed by atoms with Gasteiger partial charge in [-0.15, -0.1) is 0 Å². The van der Waals surface area contributed by atoms with Gasteiger partial charge in [0.25, 0.3) is 0 Å². The van der Waals surface area contributed by atoms with Crippen molar-refractivity contribution in [3.8, 4) is 17.6 Å². The second kappa shape index (κ2) is 6.77. The predicted octanol–water partition coefficient (Wildman–Crippen LogP) is 0.303. The second-order valence-corrected chi connectivity index (χ2v) is 4.52. The molecule has 2 rings (SSSR count). The molecule has 1 aliphatic rings. The molecule has 6 nitrogen and oxygen atoms in total. The van der Waals surface area contributed by atoms with Crippen molar-refractivity contribution in [1.82, 2.24) is 9.80 Å². The highest BCUT2D eigenvalue weighted by molar-refractivity contribution is 6.01. The van der Waals surface area contributed by atoms with Crippen molar-refractivity contribution < 1.29 is 19.4 Å². The summed E-state index contributed by atoms with van der Waals surface area (Å²) >= 11 is 0. The molecular formula is C15H16N2O4. The Labute approximate surface area is 122 Å². The first-order valence-corrected chi connectivity index (χ1v) is 6.50. The van der Waals surface area contributed by atoms with Crippen LogP contribution in [-0.4, -0.2) is 60.2 Å². The molecule has 1 aromatic rings. The SMILES string of the molecule is CN1CC(=O)N(CCOc2cccc(C#CCO)c2)C1=O. The zero-order valence-electron chi connectivity index (χ0n) is 11.7. The number of likely N-dealkylation sites (N-methyl/N-ethyl adjacent to an activating group) is 1. The van der Waals surface area contributed by atoms with Crippen molar-refractivity contribution in [2.75, 3.05) is 33.4 Å². The number of ether oxygens (including phenoxy) is 1. The van der Waals surface area contributed by atoms with Crippen LogP contribution in [0, 0.1) is 11.8 Å². The van der Waals surface area contributed by atoms with Crippen LogP contribution in [0.4, 0.5) is 4.79 Å². The van der Waals surface area contributed by atoms with Gasteiger partial charge in [0.1, 0.15) is 25.5 Å². The molecule has 1 fully saturated rings. The zero-order chi connectivity index (χ0) is 15.2. The topological polar surface area (TPSA) is 70.1 Å². The number of hydrogen-bond acceptors (Lipinski definition) is 4. The Morgan fingerprint density at radius 1 is 1.38 bits per heavy atom. The van der Waals surface area contributed by atoms with Gasteiger partial charge in [-0.3, -0.25) is 9.69 Å². The molecule has 0 aromatic heterocycles. The summed E-state index contributed by atoms with van der Waals surface area (Å²) in [4.78, 5) is 25.8. The molecule has 0 atom stereocenters. The molecule has 6 heteroatoms. The normalized spacial score (nSPS) is 14.2. The number of amides is 3. The zero-order valence-corrected chi connectivity index (χ0v) is 11.7. The van der Waals surface area contributed by atoms with Crippen LogP contribution in [0.2, 0.25) is 0 Å². The maximum Gasteiger partial charge on any atom is 0.327 e. The van der Waals surface area contributed by atoms with Gasteiger partial charge in [0.15, 0.2) is 0 Å². The summed E-state index contributed by atoms with van der Waals surface area (Å²) < 4.78 is 5.53. The first-order valence-electron chi connectivity index (χ1n) is 6.50. The maximum atomic E-state index is 11.7. The van der Waals surface area contributed by atoms with Crippen LogP contribution in [0.25, 0.3) is 0 Å². The number of rotatable bonds is 4. The van der Waals surface area contributed by atoms with Gasteiger partial charge in [-0.05, 0) is 18.2 Å². The molecule has 1 saturated heterocycles. The summed E-state index contributed by atoms with van der Waals surface area (Å²) in [5.74, 6) is 5.73. The number of carbonyl (C=O) groups is 2. The lowest BCUT2D eigenvalue weighted by molar-refractivity contribution is -0.125. The van der Waals surface area contributed by atoms with Gasteiger partial charge in [-0.2, -0.15) is 0 Å². The minimum atomic E-state index is -0.300. The van der Waals surface area contributed by atoms with E-state index < -0.39 is 0 Å². The Balaban J connectivity index is 1.89. The van der Waals surface area contributed by atoms with Crippen LogP contribution >= 0.6 is 0 Å². The minimum Gasteiger partial charge on any atom is -0.492 e. The van der Waals surface area contributed by atoms with Crippen LogP contribution in [0.15, 0.2) is 24.3 Å². The van der Waals surface area contributed by atoms with Gasteiger partial charge >= 0.3 is 6.03 Å². The number of carbonyl (C=O) groups excluding carboxylic acids is 2. The number of hydrogen-bond donors (Lipinski definition) is 1. The molecule has 110 valence electrons. The van der Waals surface area contributed by atoms with Crippen molar-refractivity contribution in [3.63, 3.8) is 0 Å². The number of aliphatic hydroxyl groups is 1. The third-order valence-corrected chi connectivity index (χ3v) is 2.96. The quantitative estimate of drug-likeness (QED) is 0.639. The molecule has 0 radical (unpaired) electrons. The average molecular weight is 288 g/mol. The molecule has 0 spiro atoms. The van der Waals surface area contributed by atoms with Gasteiger partial charge in [0, 0.05) is 12.6 Å². The average Bonchev–Trinajstić information content (AvgIpc) is 2.72. The van der Waals surface area contributed by atoms with Crippen LogP contribution < -0.4 is 4.74 Å². The summed E-state index contributed by atoms with van der Waals surface area (Å²) in [6, 6.07) is 6.80. The highest BCUT2D eigenvalue weighted by atomic mass is 16.5. The largest absolute Gasteiger partial charge is 0.492 e. The molecule has 21 heavy (non-hydrogen) atoms. The van der Waals surface area contributed by atoms with E-state index in [1.807, 2.05) is 0 Å². The van der Waals surface area contributed by atoms with Crippen molar-refractivity contribution in [1.29, 1.82) is 0 Å². The Hall–Kier alpha value is -2.52. The fourth-order valence-corrected chi connectivity index (χ4v) is 1.95. The summed E-state index contributed by atoms with van der Waals surface area (Å²) in [6.45, 7) is 0.361. The summed E-state index contributed by atoms with van der Waals surface area (Å²) in [6.07, 6.45) is 0. The molecule has 0 aliphatic carbocycles. The first kappa shape index (κ1) is 14.9. The monoisotopic (exact) mass is 288 g/mol. The van der Waals surface area contributed by atoms with Crippen molar-refractivity contribution in [3.05, 3.63) is 29.8 Å². The summed E-state index contributed by atoms with van der Waals surface area (Å²) in [5.41, 5.74) is 0.731. The van der Waals surface area contributed by atoms with Crippen LogP contribution in [0.1, 0.15) is 5.56 Å². The van der Waals surface area contributed by atoms with Crippen LogP contribution in [0.3, 0.4) is 0 Å².